The molecule has 1 heterocycles. The summed E-state index contributed by atoms with van der Waals surface area (Å²) in [5, 5.41) is 0. The molecule has 0 spiro atoms. The molecule has 1 aliphatic heterocycles. The zero-order valence-corrected chi connectivity index (χ0v) is 25.3. The van der Waals surface area contributed by atoms with E-state index in [1.807, 2.05) is 128 Å². The molecular formula is C38H42O6. The molecule has 0 radical (unpaired) electrons. The monoisotopic (exact) mass is 594 g/mol. The van der Waals surface area contributed by atoms with E-state index in [1.165, 1.54) is 0 Å². The van der Waals surface area contributed by atoms with E-state index >= 15 is 0 Å². The number of hydrogen-bond donors (Lipinski definition) is 0. The lowest BCUT2D eigenvalue weighted by Crippen LogP contribution is -2.62. The molecule has 4 aromatic rings. The van der Waals surface area contributed by atoms with E-state index in [0.29, 0.717) is 26.4 Å². The quantitative estimate of drug-likeness (QED) is 0.127. The summed E-state index contributed by atoms with van der Waals surface area (Å²) in [4.78, 5) is 0. The Balaban J connectivity index is 1.43. The molecule has 0 aromatic heterocycles. The highest BCUT2D eigenvalue weighted by molar-refractivity contribution is 5.16. The smallest absolute Gasteiger partial charge is 0.187 e. The molecule has 1 fully saturated rings. The van der Waals surface area contributed by atoms with Crippen LogP contribution in [0.4, 0.5) is 0 Å². The molecule has 44 heavy (non-hydrogen) atoms. The average Bonchev–Trinajstić information content (AvgIpc) is 3.08. The molecule has 6 atom stereocenters. The van der Waals surface area contributed by atoms with E-state index in [-0.39, 0.29) is 12.7 Å². The van der Waals surface area contributed by atoms with E-state index in [1.54, 1.807) is 6.08 Å². The van der Waals surface area contributed by atoms with Gasteiger partial charge in [-0.3, -0.25) is 0 Å². The summed E-state index contributed by atoms with van der Waals surface area (Å²) in [6.07, 6.45) is -1.37. The van der Waals surface area contributed by atoms with Crippen LogP contribution in [0.3, 0.4) is 0 Å². The van der Waals surface area contributed by atoms with Crippen molar-refractivity contribution in [3.8, 4) is 0 Å². The maximum absolute atomic E-state index is 6.72. The molecule has 0 aliphatic carbocycles. The van der Waals surface area contributed by atoms with Crippen molar-refractivity contribution < 1.29 is 28.4 Å². The van der Waals surface area contributed by atoms with Gasteiger partial charge < -0.3 is 28.4 Å². The molecule has 6 unspecified atom stereocenters. The Morgan fingerprint density at radius 3 is 1.45 bits per heavy atom. The maximum atomic E-state index is 6.72. The largest absolute Gasteiger partial charge is 0.374 e. The molecule has 0 bridgehead atoms. The predicted octanol–water partition coefficient (Wildman–Crippen LogP) is 7.28. The number of ether oxygens (including phenoxy) is 6. The van der Waals surface area contributed by atoms with Gasteiger partial charge in [0.15, 0.2) is 6.29 Å². The first kappa shape index (κ1) is 31.8. The lowest BCUT2D eigenvalue weighted by molar-refractivity contribution is -0.332. The van der Waals surface area contributed by atoms with Gasteiger partial charge >= 0.3 is 0 Å². The van der Waals surface area contributed by atoms with Gasteiger partial charge in [-0.2, -0.15) is 0 Å². The predicted molar refractivity (Wildman–Crippen MR) is 171 cm³/mol. The van der Waals surface area contributed by atoms with Gasteiger partial charge in [0.1, 0.15) is 24.4 Å². The minimum Gasteiger partial charge on any atom is -0.374 e. The zero-order valence-electron chi connectivity index (χ0n) is 25.3. The highest BCUT2D eigenvalue weighted by atomic mass is 16.7. The lowest BCUT2D eigenvalue weighted by Gasteiger charge is -2.46. The van der Waals surface area contributed by atoms with Crippen molar-refractivity contribution in [3.05, 3.63) is 156 Å². The molecule has 6 heteroatoms. The Morgan fingerprint density at radius 1 is 0.591 bits per heavy atom. The highest BCUT2D eigenvalue weighted by Gasteiger charge is 2.49. The average molecular weight is 595 g/mol. The van der Waals surface area contributed by atoms with Crippen LogP contribution in [0.15, 0.2) is 134 Å². The fourth-order valence-electron chi connectivity index (χ4n) is 5.12. The van der Waals surface area contributed by atoms with Crippen molar-refractivity contribution in [2.24, 2.45) is 0 Å². The molecule has 4 aromatic carbocycles. The van der Waals surface area contributed by atoms with E-state index in [0.717, 1.165) is 22.3 Å². The van der Waals surface area contributed by atoms with Crippen LogP contribution in [0.25, 0.3) is 0 Å². The van der Waals surface area contributed by atoms with Crippen molar-refractivity contribution in [3.63, 3.8) is 0 Å². The van der Waals surface area contributed by atoms with Crippen LogP contribution in [0.1, 0.15) is 29.2 Å². The summed E-state index contributed by atoms with van der Waals surface area (Å²) in [5.41, 5.74) is 4.23. The summed E-state index contributed by atoms with van der Waals surface area (Å²) >= 11 is 0. The second-order valence-corrected chi connectivity index (χ2v) is 10.9. The first-order valence-corrected chi connectivity index (χ1v) is 15.2. The van der Waals surface area contributed by atoms with Crippen molar-refractivity contribution in [2.45, 2.75) is 70.2 Å². The highest BCUT2D eigenvalue weighted by Crippen LogP contribution is 2.32. The van der Waals surface area contributed by atoms with Crippen molar-refractivity contribution >= 4 is 0 Å². The van der Waals surface area contributed by atoms with Gasteiger partial charge in [0, 0.05) is 0 Å². The Morgan fingerprint density at radius 2 is 1.00 bits per heavy atom. The Labute approximate surface area is 261 Å². The normalized spacial score (nSPS) is 22.3. The second-order valence-electron chi connectivity index (χ2n) is 10.9. The van der Waals surface area contributed by atoms with Crippen LogP contribution in [-0.2, 0) is 54.8 Å². The molecule has 6 nitrogen and oxygen atoms in total. The summed E-state index contributed by atoms with van der Waals surface area (Å²) in [6.45, 7) is 7.71. The van der Waals surface area contributed by atoms with E-state index in [4.69, 9.17) is 28.4 Å². The van der Waals surface area contributed by atoms with Crippen LogP contribution in [-0.4, -0.2) is 43.4 Å². The standard InChI is InChI=1S/C38H42O6/c1-3-29(2)43-38-37(42-27-33-22-14-7-15-23-33)36(41-26-32-20-12-6-13-21-32)35(40-25-31-18-10-5-11-19-31)34(44-38)28-39-24-30-16-8-4-9-17-30/h3-23,29,34-38H,1,24-28H2,2H3. The number of hydrogen-bond acceptors (Lipinski definition) is 6. The van der Waals surface area contributed by atoms with Gasteiger partial charge in [-0.1, -0.05) is 127 Å². The van der Waals surface area contributed by atoms with Crippen LogP contribution >= 0.6 is 0 Å². The lowest BCUT2D eigenvalue weighted by atomic mass is 9.97. The maximum Gasteiger partial charge on any atom is 0.187 e. The number of benzene rings is 4. The minimum absolute atomic E-state index is 0.273. The Bertz CT molecular complexity index is 1350. The molecule has 1 saturated heterocycles. The van der Waals surface area contributed by atoms with Gasteiger partial charge in [-0.15, -0.1) is 6.58 Å². The first-order chi connectivity index (χ1) is 21.7. The van der Waals surface area contributed by atoms with Gasteiger partial charge in [-0.05, 0) is 29.2 Å². The van der Waals surface area contributed by atoms with Gasteiger partial charge in [0.2, 0.25) is 0 Å². The van der Waals surface area contributed by atoms with Crippen LogP contribution < -0.4 is 0 Å². The summed E-state index contributed by atoms with van der Waals surface area (Å²) in [5.74, 6) is 0. The van der Waals surface area contributed by atoms with E-state index < -0.39 is 30.7 Å². The van der Waals surface area contributed by atoms with Gasteiger partial charge in [0.25, 0.3) is 0 Å². The summed E-state index contributed by atoms with van der Waals surface area (Å²) in [7, 11) is 0. The molecule has 1 aliphatic rings. The Hall–Kier alpha value is -3.62. The van der Waals surface area contributed by atoms with Crippen LogP contribution in [0.2, 0.25) is 0 Å². The molecule has 0 saturated carbocycles. The molecule has 230 valence electrons. The van der Waals surface area contributed by atoms with Crippen molar-refractivity contribution in [1.29, 1.82) is 0 Å². The van der Waals surface area contributed by atoms with Gasteiger partial charge in [-0.25, -0.2) is 0 Å². The zero-order chi connectivity index (χ0) is 30.4. The Kier molecular flexibility index (Phi) is 12.3. The van der Waals surface area contributed by atoms with Gasteiger partial charge in [0.05, 0.1) is 39.1 Å². The molecule has 0 amide bonds. The third-order valence-electron chi connectivity index (χ3n) is 7.52. The SMILES string of the molecule is C=CC(C)OC1OC(COCc2ccccc2)C(OCc2ccccc2)C(OCc2ccccc2)C1OCc1ccccc1. The molecule has 0 N–H and O–H groups in total. The molecule has 5 rings (SSSR count). The van der Waals surface area contributed by atoms with Crippen molar-refractivity contribution in [2.75, 3.05) is 6.61 Å². The summed E-state index contributed by atoms with van der Waals surface area (Å²) < 4.78 is 39.2. The second kappa shape index (κ2) is 17.0. The third kappa shape index (κ3) is 9.44. The van der Waals surface area contributed by atoms with E-state index in [2.05, 4.69) is 6.58 Å². The fraction of sp³-hybridized carbons (Fsp3) is 0.316. The van der Waals surface area contributed by atoms with Crippen LogP contribution in [0.5, 0.6) is 0 Å². The minimum atomic E-state index is -0.741. The number of rotatable bonds is 16. The summed E-state index contributed by atoms with van der Waals surface area (Å²) in [6, 6.07) is 40.4. The van der Waals surface area contributed by atoms with Crippen LogP contribution in [0, 0.1) is 0 Å². The fourth-order valence-corrected chi connectivity index (χ4v) is 5.12. The first-order valence-electron chi connectivity index (χ1n) is 15.2. The van der Waals surface area contributed by atoms with E-state index in [9.17, 15) is 0 Å². The van der Waals surface area contributed by atoms with Crippen molar-refractivity contribution in [1.82, 2.24) is 0 Å². The molecular weight excluding hydrogens is 552 g/mol. The topological polar surface area (TPSA) is 55.4 Å². The third-order valence-corrected chi connectivity index (χ3v) is 7.52.